The van der Waals surface area contributed by atoms with Crippen LogP contribution >= 0.6 is 34.5 Å². The predicted molar refractivity (Wildman–Crippen MR) is 133 cm³/mol. The summed E-state index contributed by atoms with van der Waals surface area (Å²) in [4.78, 5) is 41.5. The lowest BCUT2D eigenvalue weighted by atomic mass is 10.1. The van der Waals surface area contributed by atoms with Crippen LogP contribution in [-0.2, 0) is 0 Å². The number of rotatable bonds is 7. The lowest BCUT2D eigenvalue weighted by Crippen LogP contribution is -2.28. The number of anilines is 2. The molecule has 12 heteroatoms. The summed E-state index contributed by atoms with van der Waals surface area (Å²) in [5.74, 6) is 0.00671. The van der Waals surface area contributed by atoms with E-state index in [2.05, 4.69) is 15.3 Å². The highest BCUT2D eigenvalue weighted by molar-refractivity contribution is 7.12. The van der Waals surface area contributed by atoms with Crippen molar-refractivity contribution in [3.8, 4) is 11.1 Å². The number of benzene rings is 1. The van der Waals surface area contributed by atoms with Gasteiger partial charge < -0.3 is 20.2 Å². The van der Waals surface area contributed by atoms with Crippen LogP contribution in [0.3, 0.4) is 0 Å². The predicted octanol–water partition coefficient (Wildman–Crippen LogP) is 3.69. The highest BCUT2D eigenvalue weighted by Crippen LogP contribution is 2.34. The third kappa shape index (κ3) is 4.58. The Labute approximate surface area is 208 Å². The number of carbonyl (C=O) groups is 1. The van der Waals surface area contributed by atoms with Crippen molar-refractivity contribution in [1.29, 1.82) is 0 Å². The Morgan fingerprint density at radius 1 is 1.29 bits per heavy atom. The highest BCUT2D eigenvalue weighted by Gasteiger charge is 2.19. The molecule has 0 spiro atoms. The smallest absolute Gasteiger partial charge is 0.293 e. The minimum atomic E-state index is -0.481. The molecule has 0 fully saturated rings. The monoisotopic (exact) mass is 519 g/mol. The van der Waals surface area contributed by atoms with Crippen LogP contribution in [0.1, 0.15) is 9.67 Å². The topological polar surface area (TPSA) is 110 Å². The molecule has 0 bridgehead atoms. The second-order valence-corrected chi connectivity index (χ2v) is 8.91. The van der Waals surface area contributed by atoms with Crippen LogP contribution in [0.5, 0.6) is 0 Å². The van der Waals surface area contributed by atoms with E-state index in [1.165, 1.54) is 23.3 Å². The zero-order valence-corrected chi connectivity index (χ0v) is 20.4. The SMILES string of the molecule is COn1c(=O)c(-c2c(Cl)cccc2Cl)cc2cnc(Nc3csc(C(=O)N(C)CCO)c3)nc21. The van der Waals surface area contributed by atoms with E-state index in [9.17, 15) is 9.59 Å². The van der Waals surface area contributed by atoms with Gasteiger partial charge in [-0.3, -0.25) is 9.59 Å². The summed E-state index contributed by atoms with van der Waals surface area (Å²) in [7, 11) is 2.97. The third-order valence-electron chi connectivity index (χ3n) is 4.97. The lowest BCUT2D eigenvalue weighted by Gasteiger charge is -2.14. The molecule has 0 unspecified atom stereocenters. The van der Waals surface area contributed by atoms with E-state index in [0.29, 0.717) is 31.6 Å². The van der Waals surface area contributed by atoms with Crippen molar-refractivity contribution in [2.75, 3.05) is 32.6 Å². The molecule has 34 heavy (non-hydrogen) atoms. The van der Waals surface area contributed by atoms with Gasteiger partial charge in [0.1, 0.15) is 7.11 Å². The molecule has 0 aliphatic carbocycles. The number of nitrogens with one attached hydrogen (secondary N) is 1. The number of likely N-dealkylation sites (N-methyl/N-ethyl adjacent to an activating group) is 1. The molecule has 0 saturated carbocycles. The van der Waals surface area contributed by atoms with Crippen LogP contribution in [0.2, 0.25) is 10.0 Å². The summed E-state index contributed by atoms with van der Waals surface area (Å²) in [5.41, 5.74) is 1.02. The van der Waals surface area contributed by atoms with E-state index in [1.54, 1.807) is 49.0 Å². The van der Waals surface area contributed by atoms with Gasteiger partial charge in [0, 0.05) is 36.1 Å². The van der Waals surface area contributed by atoms with Gasteiger partial charge in [-0.25, -0.2) is 4.98 Å². The fraction of sp³-hybridized carbons (Fsp3) is 0.182. The lowest BCUT2D eigenvalue weighted by molar-refractivity contribution is 0.0771. The number of aliphatic hydroxyl groups excluding tert-OH is 1. The molecule has 4 aromatic rings. The van der Waals surface area contributed by atoms with Crippen molar-refractivity contribution in [2.24, 2.45) is 0 Å². The van der Waals surface area contributed by atoms with Crippen LogP contribution in [0, 0.1) is 0 Å². The maximum absolute atomic E-state index is 13.2. The number of hydrogen-bond acceptors (Lipinski definition) is 8. The molecular formula is C22H19Cl2N5O4S. The first-order chi connectivity index (χ1) is 16.3. The number of thiophene rings is 1. The summed E-state index contributed by atoms with van der Waals surface area (Å²) in [6.45, 7) is 0.123. The summed E-state index contributed by atoms with van der Waals surface area (Å²) in [6.07, 6.45) is 1.54. The van der Waals surface area contributed by atoms with Crippen molar-refractivity contribution in [1.82, 2.24) is 19.6 Å². The number of pyridine rings is 1. The number of fused-ring (bicyclic) bond motifs is 1. The quantitative estimate of drug-likeness (QED) is 0.383. The molecular weight excluding hydrogens is 501 g/mol. The number of hydrogen-bond donors (Lipinski definition) is 2. The summed E-state index contributed by atoms with van der Waals surface area (Å²) >= 11 is 13.9. The Kier molecular flexibility index (Phi) is 7.03. The Morgan fingerprint density at radius 2 is 2.03 bits per heavy atom. The average Bonchev–Trinajstić information content (AvgIpc) is 3.27. The van der Waals surface area contributed by atoms with Crippen molar-refractivity contribution in [3.05, 3.63) is 67.2 Å². The van der Waals surface area contributed by atoms with Gasteiger partial charge in [0.05, 0.1) is 32.8 Å². The van der Waals surface area contributed by atoms with E-state index in [4.69, 9.17) is 33.1 Å². The molecule has 0 aliphatic rings. The Morgan fingerprint density at radius 3 is 2.71 bits per heavy atom. The van der Waals surface area contributed by atoms with Gasteiger partial charge in [0.2, 0.25) is 5.95 Å². The first-order valence-electron chi connectivity index (χ1n) is 9.97. The fourth-order valence-corrected chi connectivity index (χ4v) is 4.75. The van der Waals surface area contributed by atoms with Crippen LogP contribution in [-0.4, -0.2) is 57.9 Å². The largest absolute Gasteiger partial charge is 0.412 e. The van der Waals surface area contributed by atoms with E-state index in [-0.39, 0.29) is 36.2 Å². The molecule has 3 aromatic heterocycles. The number of halogens is 2. The van der Waals surface area contributed by atoms with Gasteiger partial charge in [-0.05, 0) is 24.3 Å². The molecule has 2 N–H and O–H groups in total. The summed E-state index contributed by atoms with van der Waals surface area (Å²) < 4.78 is 1.05. The number of amides is 1. The number of aliphatic hydroxyl groups is 1. The number of carbonyl (C=O) groups excluding carboxylic acids is 1. The summed E-state index contributed by atoms with van der Waals surface area (Å²) in [6, 6.07) is 8.27. The van der Waals surface area contributed by atoms with Gasteiger partial charge in [-0.15, -0.1) is 16.1 Å². The van der Waals surface area contributed by atoms with Gasteiger partial charge in [-0.1, -0.05) is 29.3 Å². The molecule has 0 atom stereocenters. The molecule has 0 saturated heterocycles. The molecule has 0 aliphatic heterocycles. The van der Waals surface area contributed by atoms with Crippen LogP contribution in [0.15, 0.2) is 46.7 Å². The molecule has 1 aromatic carbocycles. The van der Waals surface area contributed by atoms with Gasteiger partial charge in [0.25, 0.3) is 11.5 Å². The Balaban J connectivity index is 1.70. The second kappa shape index (κ2) is 9.98. The van der Waals surface area contributed by atoms with E-state index >= 15 is 0 Å². The van der Waals surface area contributed by atoms with Crippen LogP contribution in [0.25, 0.3) is 22.2 Å². The third-order valence-corrected chi connectivity index (χ3v) is 6.51. The average molecular weight is 520 g/mol. The normalized spacial score (nSPS) is 11.0. The highest BCUT2D eigenvalue weighted by atomic mass is 35.5. The molecule has 0 radical (unpaired) electrons. The van der Waals surface area contributed by atoms with Crippen molar-refractivity contribution in [3.63, 3.8) is 0 Å². The molecule has 4 rings (SSSR count). The van der Waals surface area contributed by atoms with Gasteiger partial charge in [0.15, 0.2) is 5.65 Å². The number of aromatic nitrogens is 3. The van der Waals surface area contributed by atoms with Crippen LogP contribution in [0.4, 0.5) is 11.6 Å². The minimum absolute atomic E-state index is 0.116. The fourth-order valence-electron chi connectivity index (χ4n) is 3.32. The number of nitrogens with zero attached hydrogens (tertiary/aromatic N) is 4. The van der Waals surface area contributed by atoms with E-state index in [0.717, 1.165) is 4.73 Å². The Bertz CT molecular complexity index is 1420. The Hall–Kier alpha value is -3.18. The molecule has 1 amide bonds. The van der Waals surface area contributed by atoms with Crippen molar-refractivity contribution in [2.45, 2.75) is 0 Å². The van der Waals surface area contributed by atoms with Crippen LogP contribution < -0.4 is 15.7 Å². The maximum atomic E-state index is 13.2. The zero-order valence-electron chi connectivity index (χ0n) is 18.1. The molecule has 3 heterocycles. The van der Waals surface area contributed by atoms with Gasteiger partial charge >= 0.3 is 0 Å². The first kappa shape index (κ1) is 24.0. The van der Waals surface area contributed by atoms with Crippen molar-refractivity contribution < 1.29 is 14.7 Å². The molecule has 176 valence electrons. The van der Waals surface area contributed by atoms with Gasteiger partial charge in [-0.2, -0.15) is 4.98 Å². The minimum Gasteiger partial charge on any atom is -0.412 e. The summed E-state index contributed by atoms with van der Waals surface area (Å²) in [5, 5.41) is 15.0. The van der Waals surface area contributed by atoms with Crippen molar-refractivity contribution >= 4 is 63.1 Å². The maximum Gasteiger partial charge on any atom is 0.293 e. The van der Waals surface area contributed by atoms with E-state index < -0.39 is 5.56 Å². The van der Waals surface area contributed by atoms with E-state index in [1.807, 2.05) is 0 Å². The standard InChI is InChI=1S/C22H19Cl2N5O4S/c1-28(6-7-30)21(32)17-9-13(11-34-17)26-22-25-10-12-8-14(18-15(23)4-3-5-16(18)24)20(31)29(33-2)19(12)27-22/h3-5,8-11,30H,6-7H2,1-2H3,(H,25,26,27). The zero-order chi connectivity index (χ0) is 24.4. The first-order valence-corrected chi connectivity index (χ1v) is 11.6. The second-order valence-electron chi connectivity index (χ2n) is 7.18. The molecule has 9 nitrogen and oxygen atoms in total.